The number of carbonyl (C=O) groups is 2. The Labute approximate surface area is 129 Å². The van der Waals surface area contributed by atoms with E-state index in [1.165, 1.54) is 11.3 Å². The summed E-state index contributed by atoms with van der Waals surface area (Å²) >= 11 is 1.43. The molecular weight excluding hydrogens is 288 g/mol. The summed E-state index contributed by atoms with van der Waals surface area (Å²) in [5, 5.41) is 9.90. The first-order valence-electron chi connectivity index (χ1n) is 7.21. The number of nitrogens with zero attached hydrogens (tertiary/aromatic N) is 2. The van der Waals surface area contributed by atoms with Gasteiger partial charge in [-0.1, -0.05) is 20.8 Å². The average molecular weight is 310 g/mol. The summed E-state index contributed by atoms with van der Waals surface area (Å²) < 4.78 is 0. The van der Waals surface area contributed by atoms with Crippen LogP contribution in [-0.4, -0.2) is 39.5 Å². The molecule has 1 saturated heterocycles. The van der Waals surface area contributed by atoms with Crippen molar-refractivity contribution >= 4 is 23.2 Å². The fraction of sp³-hybridized carbons (Fsp3) is 0.667. The SMILES string of the molecule is Cc1nc(C(C)(C)C)sc1C(=O)N1CCCC1CC(=O)O. The molecule has 1 aromatic heterocycles. The van der Waals surface area contributed by atoms with Crippen LogP contribution >= 0.6 is 11.3 Å². The Bertz CT molecular complexity index is 560. The molecule has 6 heteroatoms. The summed E-state index contributed by atoms with van der Waals surface area (Å²) in [7, 11) is 0. The fourth-order valence-electron chi connectivity index (χ4n) is 2.56. The molecule has 1 atom stereocenters. The number of aryl methyl sites for hydroxylation is 1. The molecule has 21 heavy (non-hydrogen) atoms. The van der Waals surface area contributed by atoms with Gasteiger partial charge in [0, 0.05) is 18.0 Å². The molecule has 1 N–H and O–H groups in total. The number of amides is 1. The lowest BCUT2D eigenvalue weighted by molar-refractivity contribution is -0.137. The van der Waals surface area contributed by atoms with Crippen LogP contribution in [-0.2, 0) is 10.2 Å². The van der Waals surface area contributed by atoms with Gasteiger partial charge in [0.25, 0.3) is 5.91 Å². The summed E-state index contributed by atoms with van der Waals surface area (Å²) in [5.74, 6) is -0.916. The van der Waals surface area contributed by atoms with E-state index in [0.717, 1.165) is 23.5 Å². The van der Waals surface area contributed by atoms with Crippen molar-refractivity contribution in [2.75, 3.05) is 6.54 Å². The Balaban J connectivity index is 2.23. The second-order valence-electron chi connectivity index (χ2n) is 6.58. The molecule has 2 rings (SSSR count). The maximum absolute atomic E-state index is 12.7. The summed E-state index contributed by atoms with van der Waals surface area (Å²) in [4.78, 5) is 30.5. The molecule has 1 unspecified atom stereocenters. The molecule has 0 spiro atoms. The number of aliphatic carboxylic acids is 1. The number of thiazole rings is 1. The van der Waals surface area contributed by atoms with E-state index < -0.39 is 5.97 Å². The fourth-order valence-corrected chi connectivity index (χ4v) is 3.64. The topological polar surface area (TPSA) is 70.5 Å². The molecule has 2 heterocycles. The van der Waals surface area contributed by atoms with Crippen LogP contribution in [0.5, 0.6) is 0 Å². The third kappa shape index (κ3) is 3.43. The molecule has 0 bridgehead atoms. The summed E-state index contributed by atoms with van der Waals surface area (Å²) in [6, 6.07) is -0.186. The molecule has 1 amide bonds. The van der Waals surface area contributed by atoms with Crippen LogP contribution in [0, 0.1) is 6.92 Å². The van der Waals surface area contributed by atoms with E-state index in [0.29, 0.717) is 11.4 Å². The number of hydrogen-bond donors (Lipinski definition) is 1. The van der Waals surface area contributed by atoms with Gasteiger partial charge in [0.15, 0.2) is 0 Å². The highest BCUT2D eigenvalue weighted by Crippen LogP contribution is 2.31. The first-order valence-corrected chi connectivity index (χ1v) is 8.02. The Morgan fingerprint density at radius 3 is 2.62 bits per heavy atom. The summed E-state index contributed by atoms with van der Waals surface area (Å²) in [6.45, 7) is 8.70. The quantitative estimate of drug-likeness (QED) is 0.932. The van der Waals surface area contributed by atoms with Crippen LogP contribution in [0.1, 0.15) is 60.4 Å². The lowest BCUT2D eigenvalue weighted by Crippen LogP contribution is -2.36. The predicted molar refractivity (Wildman–Crippen MR) is 81.9 cm³/mol. The van der Waals surface area contributed by atoms with Crippen molar-refractivity contribution in [1.29, 1.82) is 0 Å². The van der Waals surface area contributed by atoms with E-state index in [9.17, 15) is 9.59 Å². The zero-order chi connectivity index (χ0) is 15.8. The van der Waals surface area contributed by atoms with Gasteiger partial charge in [-0.2, -0.15) is 0 Å². The van der Waals surface area contributed by atoms with Crippen molar-refractivity contribution < 1.29 is 14.7 Å². The first kappa shape index (κ1) is 15.9. The second-order valence-corrected chi connectivity index (χ2v) is 7.58. The van der Waals surface area contributed by atoms with E-state index in [1.807, 2.05) is 6.92 Å². The van der Waals surface area contributed by atoms with Crippen molar-refractivity contribution in [1.82, 2.24) is 9.88 Å². The van der Waals surface area contributed by atoms with E-state index in [2.05, 4.69) is 25.8 Å². The molecule has 1 aliphatic heterocycles. The second kappa shape index (κ2) is 5.75. The molecule has 5 nitrogen and oxygen atoms in total. The van der Waals surface area contributed by atoms with Crippen LogP contribution < -0.4 is 0 Å². The first-order chi connectivity index (χ1) is 9.70. The van der Waals surface area contributed by atoms with E-state index >= 15 is 0 Å². The van der Waals surface area contributed by atoms with Gasteiger partial charge in [0.1, 0.15) is 4.88 Å². The van der Waals surface area contributed by atoms with Crippen LogP contribution in [0.4, 0.5) is 0 Å². The minimum Gasteiger partial charge on any atom is -0.481 e. The van der Waals surface area contributed by atoms with Gasteiger partial charge in [-0.3, -0.25) is 9.59 Å². The standard InChI is InChI=1S/C15H22N2O3S/c1-9-12(21-14(16-9)15(2,3)4)13(20)17-7-5-6-10(17)8-11(18)19/h10H,5-8H2,1-4H3,(H,18,19). The molecule has 0 saturated carbocycles. The van der Waals surface area contributed by atoms with Gasteiger partial charge in [-0.15, -0.1) is 11.3 Å². The van der Waals surface area contributed by atoms with Gasteiger partial charge in [-0.25, -0.2) is 4.98 Å². The van der Waals surface area contributed by atoms with Gasteiger partial charge >= 0.3 is 5.97 Å². The van der Waals surface area contributed by atoms with Gasteiger partial charge in [-0.05, 0) is 19.8 Å². The number of hydrogen-bond acceptors (Lipinski definition) is 4. The van der Waals surface area contributed by atoms with Gasteiger partial charge in [0.2, 0.25) is 0 Å². The zero-order valence-corrected chi connectivity index (χ0v) is 13.8. The lowest BCUT2D eigenvalue weighted by Gasteiger charge is -2.23. The Hall–Kier alpha value is -1.43. The normalized spacial score (nSPS) is 19.0. The molecule has 0 radical (unpaired) electrons. The molecule has 0 aliphatic carbocycles. The summed E-state index contributed by atoms with van der Waals surface area (Å²) in [6.07, 6.45) is 1.66. The lowest BCUT2D eigenvalue weighted by atomic mass is 9.98. The number of aromatic nitrogens is 1. The Morgan fingerprint density at radius 2 is 2.10 bits per heavy atom. The van der Waals surface area contributed by atoms with Crippen molar-refractivity contribution in [2.24, 2.45) is 0 Å². The highest BCUT2D eigenvalue weighted by molar-refractivity contribution is 7.14. The van der Waals surface area contributed by atoms with Gasteiger partial charge in [0.05, 0.1) is 17.1 Å². The highest BCUT2D eigenvalue weighted by atomic mass is 32.1. The molecule has 1 fully saturated rings. The minimum atomic E-state index is -0.851. The number of carboxylic acid groups (broad SMARTS) is 1. The Morgan fingerprint density at radius 1 is 1.43 bits per heavy atom. The predicted octanol–water partition coefficient (Wildman–Crippen LogP) is 2.83. The van der Waals surface area contributed by atoms with E-state index in [1.54, 1.807) is 4.90 Å². The number of rotatable bonds is 3. The maximum atomic E-state index is 12.7. The number of likely N-dealkylation sites (tertiary alicyclic amines) is 1. The van der Waals surface area contributed by atoms with Crippen LogP contribution in [0.15, 0.2) is 0 Å². The number of carboxylic acids is 1. The van der Waals surface area contributed by atoms with Gasteiger partial charge < -0.3 is 10.0 Å². The van der Waals surface area contributed by atoms with Crippen molar-refractivity contribution in [2.45, 2.75) is 58.4 Å². The molecule has 1 aromatic rings. The summed E-state index contributed by atoms with van der Waals surface area (Å²) in [5.41, 5.74) is 0.662. The van der Waals surface area contributed by atoms with Crippen molar-refractivity contribution in [3.63, 3.8) is 0 Å². The third-order valence-corrected chi connectivity index (χ3v) is 5.25. The highest BCUT2D eigenvalue weighted by Gasteiger charge is 2.33. The van der Waals surface area contributed by atoms with Crippen LogP contribution in [0.25, 0.3) is 0 Å². The monoisotopic (exact) mass is 310 g/mol. The molecular formula is C15H22N2O3S. The maximum Gasteiger partial charge on any atom is 0.305 e. The smallest absolute Gasteiger partial charge is 0.305 e. The third-order valence-electron chi connectivity index (χ3n) is 3.68. The molecule has 116 valence electrons. The average Bonchev–Trinajstić information content (AvgIpc) is 2.93. The largest absolute Gasteiger partial charge is 0.481 e. The Kier molecular flexibility index (Phi) is 4.37. The van der Waals surface area contributed by atoms with Crippen molar-refractivity contribution in [3.8, 4) is 0 Å². The van der Waals surface area contributed by atoms with Crippen LogP contribution in [0.2, 0.25) is 0 Å². The zero-order valence-electron chi connectivity index (χ0n) is 13.0. The molecule has 0 aromatic carbocycles. The van der Waals surface area contributed by atoms with E-state index in [-0.39, 0.29) is 23.8 Å². The van der Waals surface area contributed by atoms with E-state index in [4.69, 9.17) is 5.11 Å². The van der Waals surface area contributed by atoms with Crippen molar-refractivity contribution in [3.05, 3.63) is 15.6 Å². The number of carbonyl (C=O) groups excluding carboxylic acids is 1. The minimum absolute atomic E-state index is 0.0235. The van der Waals surface area contributed by atoms with Crippen LogP contribution in [0.3, 0.4) is 0 Å². The molecule has 1 aliphatic rings.